The summed E-state index contributed by atoms with van der Waals surface area (Å²) in [7, 11) is -9.91. The lowest BCUT2D eigenvalue weighted by molar-refractivity contribution is -0.161. The van der Waals surface area contributed by atoms with Crippen LogP contribution in [0.15, 0.2) is 0 Å². The fourth-order valence-electron chi connectivity index (χ4n) is 12.6. The minimum Gasteiger partial charge on any atom is -0.462 e. The van der Waals surface area contributed by atoms with E-state index in [0.717, 1.165) is 109 Å². The number of aliphatic hydroxyl groups excluding tert-OH is 1. The number of ether oxygens (including phenoxy) is 4. The SMILES string of the molecule is CCCCCCCCCCCCCCCCCCCCCC(=O)O[C@H](COC(=O)CCCCCCCCCCCCCCCCCCCC)COP(=O)(O)OC[C@@H](O)COP(=O)(O)OC[C@@H](COC(=O)CCCCCCCCC)OC(=O)CCCCCCCCCCCCCCCC(C)C. The zero-order valence-electron chi connectivity index (χ0n) is 65.3. The van der Waals surface area contributed by atoms with E-state index in [2.05, 4.69) is 34.6 Å². The molecule has 0 radical (unpaired) electrons. The molecule has 0 rings (SSSR count). The number of phosphoric ester groups is 2. The summed E-state index contributed by atoms with van der Waals surface area (Å²) in [5, 5.41) is 10.6. The van der Waals surface area contributed by atoms with Gasteiger partial charge >= 0.3 is 39.5 Å². The predicted molar refractivity (Wildman–Crippen MR) is 409 cm³/mol. The number of hydrogen-bond acceptors (Lipinski definition) is 15. The van der Waals surface area contributed by atoms with E-state index in [-0.39, 0.29) is 25.7 Å². The number of hydrogen-bond donors (Lipinski definition) is 3. The molecular weight excluding hydrogens is 1310 g/mol. The lowest BCUT2D eigenvalue weighted by Crippen LogP contribution is -2.30. The number of rotatable bonds is 81. The molecule has 0 aromatic heterocycles. The minimum atomic E-state index is -4.96. The van der Waals surface area contributed by atoms with Crippen LogP contribution in [0.2, 0.25) is 0 Å². The Bertz CT molecular complexity index is 1910. The molecule has 0 heterocycles. The quantitative estimate of drug-likeness (QED) is 0.0222. The molecule has 17 nitrogen and oxygen atoms in total. The van der Waals surface area contributed by atoms with Crippen molar-refractivity contribution >= 4 is 39.5 Å². The van der Waals surface area contributed by atoms with Crippen LogP contribution in [0.1, 0.15) is 433 Å². The number of esters is 4. The van der Waals surface area contributed by atoms with Crippen LogP contribution in [-0.4, -0.2) is 96.7 Å². The van der Waals surface area contributed by atoms with Crippen LogP contribution in [0.3, 0.4) is 0 Å². The summed E-state index contributed by atoms with van der Waals surface area (Å²) in [6.45, 7) is 7.31. The molecule has 2 unspecified atom stereocenters. The van der Waals surface area contributed by atoms with E-state index < -0.39 is 97.5 Å². The third-order valence-corrected chi connectivity index (χ3v) is 20.9. The average Bonchev–Trinajstić information content (AvgIpc) is 0.941. The highest BCUT2D eigenvalue weighted by molar-refractivity contribution is 7.47. The maximum Gasteiger partial charge on any atom is 0.472 e. The van der Waals surface area contributed by atoms with E-state index in [1.165, 1.54) is 244 Å². The fourth-order valence-corrected chi connectivity index (χ4v) is 14.2. The predicted octanol–water partition coefficient (Wildman–Crippen LogP) is 24.4. The van der Waals surface area contributed by atoms with Gasteiger partial charge in [0.2, 0.25) is 0 Å². The Balaban J connectivity index is 5.18. The van der Waals surface area contributed by atoms with E-state index in [9.17, 15) is 43.2 Å². The van der Waals surface area contributed by atoms with Gasteiger partial charge in [-0.2, -0.15) is 0 Å². The summed E-state index contributed by atoms with van der Waals surface area (Å²) >= 11 is 0. The Hall–Kier alpha value is -1.94. The first kappa shape index (κ1) is 98.1. The van der Waals surface area contributed by atoms with Crippen molar-refractivity contribution in [1.82, 2.24) is 0 Å². The first-order valence-corrected chi connectivity index (χ1v) is 45.1. The molecule has 0 aliphatic carbocycles. The Morgan fingerprint density at radius 1 is 0.270 bits per heavy atom. The first-order chi connectivity index (χ1) is 48.5. The smallest absolute Gasteiger partial charge is 0.462 e. The molecule has 3 N–H and O–H groups in total. The van der Waals surface area contributed by atoms with Crippen LogP contribution in [-0.2, 0) is 65.4 Å². The summed E-state index contributed by atoms with van der Waals surface area (Å²) in [6, 6.07) is 0. The van der Waals surface area contributed by atoms with Crippen molar-refractivity contribution in [2.75, 3.05) is 39.6 Å². The van der Waals surface area contributed by atoms with Gasteiger partial charge in [-0.1, -0.05) is 381 Å². The maximum absolute atomic E-state index is 13.1. The molecule has 0 aliphatic rings. The summed E-state index contributed by atoms with van der Waals surface area (Å²) in [5.74, 6) is -1.32. The van der Waals surface area contributed by atoms with Crippen molar-refractivity contribution in [3.63, 3.8) is 0 Å². The summed E-state index contributed by atoms with van der Waals surface area (Å²) in [5.41, 5.74) is 0. The third kappa shape index (κ3) is 74.3. The highest BCUT2D eigenvalue weighted by atomic mass is 31.2. The van der Waals surface area contributed by atoms with E-state index >= 15 is 0 Å². The summed E-state index contributed by atoms with van der Waals surface area (Å²) in [4.78, 5) is 72.9. The Morgan fingerprint density at radius 2 is 0.460 bits per heavy atom. The Kier molecular flexibility index (Phi) is 72.5. The number of carbonyl (C=O) groups is 4. The Morgan fingerprint density at radius 3 is 0.680 bits per heavy atom. The van der Waals surface area contributed by atoms with Gasteiger partial charge in [-0.25, -0.2) is 9.13 Å². The molecule has 0 spiro atoms. The van der Waals surface area contributed by atoms with Gasteiger partial charge in [0.25, 0.3) is 0 Å². The zero-order chi connectivity index (χ0) is 73.4. The van der Waals surface area contributed by atoms with Gasteiger partial charge in [-0.05, 0) is 31.6 Å². The second kappa shape index (κ2) is 73.9. The van der Waals surface area contributed by atoms with Gasteiger partial charge in [0, 0.05) is 25.7 Å². The van der Waals surface area contributed by atoms with Crippen molar-refractivity contribution in [1.29, 1.82) is 0 Å². The van der Waals surface area contributed by atoms with Gasteiger partial charge in [0.05, 0.1) is 26.4 Å². The van der Waals surface area contributed by atoms with E-state index in [0.29, 0.717) is 25.7 Å². The maximum atomic E-state index is 13.1. The van der Waals surface area contributed by atoms with Gasteiger partial charge in [0.1, 0.15) is 19.3 Å². The van der Waals surface area contributed by atoms with Crippen LogP contribution < -0.4 is 0 Å². The third-order valence-electron chi connectivity index (χ3n) is 19.0. The van der Waals surface area contributed by atoms with E-state index in [4.69, 9.17) is 37.0 Å². The first-order valence-electron chi connectivity index (χ1n) is 42.1. The Labute approximate surface area is 613 Å². The molecular formula is C81H158O17P2. The van der Waals surface area contributed by atoms with Crippen molar-refractivity contribution in [3.8, 4) is 0 Å². The second-order valence-electron chi connectivity index (χ2n) is 29.6. The molecule has 0 aliphatic heterocycles. The molecule has 0 aromatic carbocycles. The molecule has 100 heavy (non-hydrogen) atoms. The van der Waals surface area contributed by atoms with Crippen molar-refractivity contribution in [3.05, 3.63) is 0 Å². The molecule has 0 bridgehead atoms. The lowest BCUT2D eigenvalue weighted by atomic mass is 10.0. The highest BCUT2D eigenvalue weighted by Crippen LogP contribution is 2.45. The average molecular weight is 1470 g/mol. The summed E-state index contributed by atoms with van der Waals surface area (Å²) in [6.07, 6.45) is 65.4. The van der Waals surface area contributed by atoms with Crippen LogP contribution in [0.4, 0.5) is 0 Å². The van der Waals surface area contributed by atoms with Gasteiger partial charge in [0.15, 0.2) is 12.2 Å². The second-order valence-corrected chi connectivity index (χ2v) is 32.5. The summed E-state index contributed by atoms with van der Waals surface area (Å²) < 4.78 is 68.6. The van der Waals surface area contributed by atoms with Crippen molar-refractivity contribution < 1.29 is 80.2 Å². The number of aliphatic hydroxyl groups is 1. The number of phosphoric acid groups is 2. The molecule has 5 atom stereocenters. The molecule has 0 aromatic rings. The number of unbranched alkanes of at least 4 members (excludes halogenated alkanes) is 53. The van der Waals surface area contributed by atoms with Gasteiger partial charge in [-0.15, -0.1) is 0 Å². The minimum absolute atomic E-state index is 0.107. The number of carbonyl (C=O) groups excluding carboxylic acids is 4. The standard InChI is InChI=1S/C81H158O17P2/c1-6-9-12-15-18-20-22-24-26-28-30-32-34-38-42-46-51-56-61-66-81(86)98-77(71-92-79(84)65-60-55-50-45-41-37-33-31-29-27-25-23-21-19-16-13-10-7-2)73-96-100(89,90)94-69-75(82)68-93-99(87,88)95-72-76(70-91-78(83)64-59-54-48-17-14-11-8-3)97-80(85)67-62-57-52-47-43-39-35-36-40-44-49-53-58-63-74(4)5/h74-77,82H,6-73H2,1-5H3,(H,87,88)(H,89,90)/t75-,76+,77+/m0/s1. The van der Waals surface area contributed by atoms with Crippen molar-refractivity contribution in [2.45, 2.75) is 451 Å². The van der Waals surface area contributed by atoms with E-state index in [1.807, 2.05) is 0 Å². The topological polar surface area (TPSA) is 237 Å². The molecule has 0 saturated carbocycles. The van der Waals surface area contributed by atoms with Crippen LogP contribution in [0.5, 0.6) is 0 Å². The largest absolute Gasteiger partial charge is 0.472 e. The van der Waals surface area contributed by atoms with E-state index in [1.54, 1.807) is 0 Å². The van der Waals surface area contributed by atoms with Crippen LogP contribution in [0.25, 0.3) is 0 Å². The van der Waals surface area contributed by atoms with Crippen molar-refractivity contribution in [2.24, 2.45) is 5.92 Å². The zero-order valence-corrected chi connectivity index (χ0v) is 67.1. The molecule has 0 fully saturated rings. The monoisotopic (exact) mass is 1470 g/mol. The molecule has 0 amide bonds. The molecule has 594 valence electrons. The molecule has 0 saturated heterocycles. The van der Waals surface area contributed by atoms with Crippen LogP contribution in [0, 0.1) is 5.92 Å². The fraction of sp³-hybridized carbons (Fsp3) is 0.951. The van der Waals surface area contributed by atoms with Crippen LogP contribution >= 0.6 is 15.6 Å². The van der Waals surface area contributed by atoms with Gasteiger partial charge < -0.3 is 33.8 Å². The highest BCUT2D eigenvalue weighted by Gasteiger charge is 2.30. The normalized spacial score (nSPS) is 13.8. The lowest BCUT2D eigenvalue weighted by Gasteiger charge is -2.21. The molecule has 19 heteroatoms. The van der Waals surface area contributed by atoms with Gasteiger partial charge in [-0.3, -0.25) is 37.3 Å².